The molecular weight excluding hydrogens is 368 g/mol. The number of nitrogens with zero attached hydrogens (tertiary/aromatic N) is 1. The first kappa shape index (κ1) is 17.8. The molecule has 1 N–H and O–H groups in total. The molecule has 0 amide bonds. The van der Waals surface area contributed by atoms with Crippen LogP contribution < -0.4 is 4.72 Å². The summed E-state index contributed by atoms with van der Waals surface area (Å²) in [6.07, 6.45) is 0. The minimum absolute atomic E-state index is 0.232. The molecular formula is C16H19ClN2O3S2. The number of sulfonamides is 1. The van der Waals surface area contributed by atoms with E-state index in [0.29, 0.717) is 24.1 Å². The average Bonchev–Trinajstić information content (AvgIpc) is 3.03. The Labute approximate surface area is 151 Å². The van der Waals surface area contributed by atoms with Crippen molar-refractivity contribution in [3.8, 4) is 0 Å². The van der Waals surface area contributed by atoms with Crippen molar-refractivity contribution in [3.63, 3.8) is 0 Å². The first-order valence-electron chi connectivity index (χ1n) is 7.67. The van der Waals surface area contributed by atoms with Crippen molar-refractivity contribution in [2.75, 3.05) is 32.8 Å². The van der Waals surface area contributed by atoms with Crippen molar-refractivity contribution < 1.29 is 13.2 Å². The maximum Gasteiger partial charge on any atom is 0.250 e. The Morgan fingerprint density at radius 2 is 1.88 bits per heavy atom. The second kappa shape index (κ2) is 7.95. The fraction of sp³-hybridized carbons (Fsp3) is 0.375. The van der Waals surface area contributed by atoms with E-state index in [0.717, 1.165) is 30.0 Å². The molecule has 1 aromatic heterocycles. The number of benzene rings is 1. The van der Waals surface area contributed by atoms with Crippen LogP contribution in [0.15, 0.2) is 46.7 Å². The SMILES string of the molecule is O=S(=O)(N[C@@H](CN1CCOCC1)c1ccccc1)c1ccc(Cl)s1. The van der Waals surface area contributed by atoms with Crippen molar-refractivity contribution in [2.45, 2.75) is 10.3 Å². The van der Waals surface area contributed by atoms with Crippen molar-refractivity contribution in [1.82, 2.24) is 9.62 Å². The predicted octanol–water partition coefficient (Wildman–Crippen LogP) is 2.75. The summed E-state index contributed by atoms with van der Waals surface area (Å²) in [5.41, 5.74) is 0.940. The zero-order valence-electron chi connectivity index (χ0n) is 13.0. The molecule has 0 aliphatic carbocycles. The third-order valence-corrected chi connectivity index (χ3v) is 7.05. The number of hydrogen-bond acceptors (Lipinski definition) is 5. The topological polar surface area (TPSA) is 58.6 Å². The third kappa shape index (κ3) is 4.56. The van der Waals surface area contributed by atoms with E-state index >= 15 is 0 Å². The highest BCUT2D eigenvalue weighted by molar-refractivity contribution is 7.91. The number of nitrogens with one attached hydrogen (secondary N) is 1. The zero-order valence-corrected chi connectivity index (χ0v) is 15.4. The lowest BCUT2D eigenvalue weighted by molar-refractivity contribution is 0.0345. The number of thiophene rings is 1. The molecule has 130 valence electrons. The molecule has 1 saturated heterocycles. The summed E-state index contributed by atoms with van der Waals surface area (Å²) in [4.78, 5) is 2.21. The van der Waals surface area contributed by atoms with Crippen LogP contribution >= 0.6 is 22.9 Å². The van der Waals surface area contributed by atoms with Crippen LogP contribution in [0.1, 0.15) is 11.6 Å². The molecule has 0 unspecified atom stereocenters. The van der Waals surface area contributed by atoms with Gasteiger partial charge in [-0.1, -0.05) is 41.9 Å². The normalized spacial score (nSPS) is 17.7. The van der Waals surface area contributed by atoms with Crippen LogP contribution in [-0.2, 0) is 14.8 Å². The van der Waals surface area contributed by atoms with Crippen molar-refractivity contribution in [1.29, 1.82) is 0 Å². The molecule has 1 aromatic carbocycles. The second-order valence-electron chi connectivity index (χ2n) is 5.56. The number of halogens is 1. The minimum Gasteiger partial charge on any atom is -0.379 e. The molecule has 1 aliphatic heterocycles. The number of ether oxygens (including phenoxy) is 1. The van der Waals surface area contributed by atoms with Gasteiger partial charge in [0.05, 0.1) is 23.6 Å². The Kier molecular flexibility index (Phi) is 5.91. The van der Waals surface area contributed by atoms with E-state index in [-0.39, 0.29) is 10.3 Å². The Morgan fingerprint density at radius 1 is 1.17 bits per heavy atom. The van der Waals surface area contributed by atoms with E-state index in [9.17, 15) is 8.42 Å². The molecule has 0 bridgehead atoms. The summed E-state index contributed by atoms with van der Waals surface area (Å²) in [6.45, 7) is 3.56. The van der Waals surface area contributed by atoms with E-state index in [2.05, 4.69) is 9.62 Å². The van der Waals surface area contributed by atoms with Gasteiger partial charge in [0.1, 0.15) is 4.21 Å². The van der Waals surface area contributed by atoms with Crippen LogP contribution in [-0.4, -0.2) is 46.2 Å². The van der Waals surface area contributed by atoms with Gasteiger partial charge < -0.3 is 4.74 Å². The summed E-state index contributed by atoms with van der Waals surface area (Å²) in [6, 6.07) is 12.4. The van der Waals surface area contributed by atoms with E-state index < -0.39 is 10.0 Å². The Hall–Kier alpha value is -0.960. The Morgan fingerprint density at radius 3 is 2.50 bits per heavy atom. The number of morpholine rings is 1. The summed E-state index contributed by atoms with van der Waals surface area (Å²) in [5, 5.41) is 0. The maximum atomic E-state index is 12.7. The Bertz CT molecular complexity index is 759. The van der Waals surface area contributed by atoms with Gasteiger partial charge in [-0.25, -0.2) is 13.1 Å². The highest BCUT2D eigenvalue weighted by Crippen LogP contribution is 2.27. The molecule has 0 radical (unpaired) electrons. The van der Waals surface area contributed by atoms with Crippen LogP contribution in [0.4, 0.5) is 0 Å². The van der Waals surface area contributed by atoms with E-state index in [1.807, 2.05) is 30.3 Å². The largest absolute Gasteiger partial charge is 0.379 e. The summed E-state index contributed by atoms with van der Waals surface area (Å²) in [5.74, 6) is 0. The van der Waals surface area contributed by atoms with E-state index in [1.165, 1.54) is 6.07 Å². The molecule has 2 heterocycles. The van der Waals surface area contributed by atoms with Crippen LogP contribution in [0.5, 0.6) is 0 Å². The number of hydrogen-bond donors (Lipinski definition) is 1. The predicted molar refractivity (Wildman–Crippen MR) is 96.1 cm³/mol. The lowest BCUT2D eigenvalue weighted by Crippen LogP contribution is -2.43. The lowest BCUT2D eigenvalue weighted by Gasteiger charge is -2.30. The highest BCUT2D eigenvalue weighted by atomic mass is 35.5. The molecule has 8 heteroatoms. The van der Waals surface area contributed by atoms with E-state index in [4.69, 9.17) is 16.3 Å². The lowest BCUT2D eigenvalue weighted by atomic mass is 10.1. The van der Waals surface area contributed by atoms with Gasteiger partial charge in [0, 0.05) is 19.6 Å². The molecule has 5 nitrogen and oxygen atoms in total. The van der Waals surface area contributed by atoms with Crippen molar-refractivity contribution in [2.24, 2.45) is 0 Å². The Balaban J connectivity index is 1.81. The smallest absolute Gasteiger partial charge is 0.250 e. The molecule has 1 fully saturated rings. The maximum absolute atomic E-state index is 12.7. The van der Waals surface area contributed by atoms with Crippen LogP contribution in [0.3, 0.4) is 0 Å². The van der Waals surface area contributed by atoms with Gasteiger partial charge in [-0.15, -0.1) is 11.3 Å². The summed E-state index contributed by atoms with van der Waals surface area (Å²) < 4.78 is 34.2. The fourth-order valence-corrected chi connectivity index (χ4v) is 5.34. The monoisotopic (exact) mass is 386 g/mol. The molecule has 24 heavy (non-hydrogen) atoms. The first-order chi connectivity index (χ1) is 11.5. The third-order valence-electron chi connectivity index (χ3n) is 3.86. The van der Waals surface area contributed by atoms with Gasteiger partial charge in [0.2, 0.25) is 0 Å². The van der Waals surface area contributed by atoms with Gasteiger partial charge in [-0.05, 0) is 17.7 Å². The van der Waals surface area contributed by atoms with Gasteiger partial charge in [0.25, 0.3) is 10.0 Å². The first-order valence-corrected chi connectivity index (χ1v) is 10.3. The van der Waals surface area contributed by atoms with Crippen LogP contribution in [0, 0.1) is 0 Å². The van der Waals surface area contributed by atoms with Crippen molar-refractivity contribution >= 4 is 33.0 Å². The summed E-state index contributed by atoms with van der Waals surface area (Å²) in [7, 11) is -3.61. The fourth-order valence-electron chi connectivity index (χ4n) is 2.63. The second-order valence-corrected chi connectivity index (χ2v) is 9.21. The zero-order chi connectivity index (χ0) is 17.0. The quantitative estimate of drug-likeness (QED) is 0.829. The molecule has 0 spiro atoms. The van der Waals surface area contributed by atoms with Gasteiger partial charge in [-0.2, -0.15) is 0 Å². The number of rotatable bonds is 6. The average molecular weight is 387 g/mol. The van der Waals surface area contributed by atoms with Gasteiger partial charge in [0.15, 0.2) is 0 Å². The van der Waals surface area contributed by atoms with E-state index in [1.54, 1.807) is 6.07 Å². The van der Waals surface area contributed by atoms with Crippen molar-refractivity contribution in [3.05, 3.63) is 52.4 Å². The molecule has 1 atom stereocenters. The minimum atomic E-state index is -3.61. The van der Waals surface area contributed by atoms with Crippen LogP contribution in [0.2, 0.25) is 4.34 Å². The molecule has 1 aliphatic rings. The van der Waals surface area contributed by atoms with Gasteiger partial charge in [-0.3, -0.25) is 4.90 Å². The van der Waals surface area contributed by atoms with Crippen LogP contribution in [0.25, 0.3) is 0 Å². The molecule has 0 saturated carbocycles. The summed E-state index contributed by atoms with van der Waals surface area (Å²) >= 11 is 6.94. The van der Waals surface area contributed by atoms with Gasteiger partial charge >= 0.3 is 0 Å². The molecule has 2 aromatic rings. The highest BCUT2D eigenvalue weighted by Gasteiger charge is 2.25. The molecule has 3 rings (SSSR count). The standard InChI is InChI=1S/C16H19ClN2O3S2/c17-15-6-7-16(23-15)24(20,21)18-14(13-4-2-1-3-5-13)12-19-8-10-22-11-9-19/h1-7,14,18H,8-12H2/t14-/m0/s1.